The lowest BCUT2D eigenvalue weighted by atomic mass is 9.67. The minimum Gasteiger partial charge on any atom is -0.480 e. The summed E-state index contributed by atoms with van der Waals surface area (Å²) in [7, 11) is 0. The Hall–Kier alpha value is -11.7. The SMILES string of the molecule is C.C#CCOc1cccc2cc(N3C(=O)c4ccc(Oc5ccc6cc(C7(c8ccc9cc(Oc%10ccc%11c(c%10)C(=O)N(c%10ccc%12c(OCC#C)cccc%12c%10)C%11=O)ccc9c8)c8ccccc8-c8ccccc87)ccc6c5)cc4C3=O)ccc12. The maximum Gasteiger partial charge on any atom is 0.266 e. The molecule has 12 aromatic rings. The molecule has 10 heteroatoms. The van der Waals surface area contributed by atoms with Gasteiger partial charge in [0.05, 0.1) is 39.0 Å². The van der Waals surface area contributed by atoms with Crippen molar-refractivity contribution >= 4 is 78.1 Å². The quantitative estimate of drug-likeness (QED) is 0.0878. The zero-order valence-electron chi connectivity index (χ0n) is 45.2. The number of ether oxygens (including phenoxy) is 4. The number of amides is 4. The van der Waals surface area contributed by atoms with E-state index in [2.05, 4.69) is 96.8 Å². The second-order valence-corrected chi connectivity index (χ2v) is 21.1. The molecule has 0 fully saturated rings. The molecule has 0 atom stereocenters. The van der Waals surface area contributed by atoms with Gasteiger partial charge in [-0.3, -0.25) is 19.2 Å². The number of terminal acetylenes is 2. The Balaban J connectivity index is 0.00000653. The highest BCUT2D eigenvalue weighted by molar-refractivity contribution is 6.35. The molecule has 10 nitrogen and oxygen atoms in total. The lowest BCUT2D eigenvalue weighted by Crippen LogP contribution is -2.29. The second kappa shape index (κ2) is 20.6. The van der Waals surface area contributed by atoms with E-state index in [1.807, 2.05) is 84.9 Å². The minimum atomic E-state index is -0.705. The first kappa shape index (κ1) is 52.4. The third-order valence-corrected chi connectivity index (χ3v) is 16.4. The van der Waals surface area contributed by atoms with E-state index < -0.39 is 29.0 Å². The summed E-state index contributed by atoms with van der Waals surface area (Å²) in [4.78, 5) is 57.9. The van der Waals surface area contributed by atoms with Crippen molar-refractivity contribution in [3.63, 3.8) is 0 Å². The average molecular weight is 1120 g/mol. The first-order valence-electron chi connectivity index (χ1n) is 27.5. The van der Waals surface area contributed by atoms with Crippen molar-refractivity contribution in [2.75, 3.05) is 23.0 Å². The van der Waals surface area contributed by atoms with Crippen LogP contribution in [0.1, 0.15) is 71.1 Å². The molecule has 410 valence electrons. The van der Waals surface area contributed by atoms with Gasteiger partial charge >= 0.3 is 0 Å². The molecule has 0 saturated carbocycles. The highest BCUT2D eigenvalue weighted by atomic mass is 16.5. The highest BCUT2D eigenvalue weighted by Gasteiger charge is 2.46. The largest absolute Gasteiger partial charge is 0.480 e. The third kappa shape index (κ3) is 8.31. The molecule has 15 rings (SSSR count). The molecular formula is C76H48N2O8. The molecule has 2 aliphatic heterocycles. The maximum absolute atomic E-state index is 14.0. The fourth-order valence-corrected chi connectivity index (χ4v) is 12.6. The number of benzene rings is 12. The number of rotatable bonds is 12. The topological polar surface area (TPSA) is 112 Å². The summed E-state index contributed by atoms with van der Waals surface area (Å²) in [6.07, 6.45) is 10.8. The molecule has 86 heavy (non-hydrogen) atoms. The first-order valence-corrected chi connectivity index (χ1v) is 27.5. The van der Waals surface area contributed by atoms with E-state index in [9.17, 15) is 19.2 Å². The van der Waals surface area contributed by atoms with Gasteiger partial charge in [-0.2, -0.15) is 0 Å². The van der Waals surface area contributed by atoms with Crippen molar-refractivity contribution in [2.24, 2.45) is 0 Å². The Morgan fingerprint density at radius 3 is 1.20 bits per heavy atom. The van der Waals surface area contributed by atoms with E-state index in [1.54, 1.807) is 60.7 Å². The predicted octanol–water partition coefficient (Wildman–Crippen LogP) is 16.5. The van der Waals surface area contributed by atoms with Crippen molar-refractivity contribution in [3.05, 3.63) is 275 Å². The van der Waals surface area contributed by atoms with Gasteiger partial charge in [-0.25, -0.2) is 9.80 Å². The molecule has 2 heterocycles. The molecule has 0 aromatic heterocycles. The lowest BCUT2D eigenvalue weighted by Gasteiger charge is -2.34. The summed E-state index contributed by atoms with van der Waals surface area (Å²) in [6, 6.07) is 74.1. The number of carbonyl (C=O) groups excluding carboxylic acids is 4. The summed E-state index contributed by atoms with van der Waals surface area (Å²) < 4.78 is 24.3. The van der Waals surface area contributed by atoms with Gasteiger partial charge in [-0.15, -0.1) is 12.8 Å². The van der Waals surface area contributed by atoms with Gasteiger partial charge < -0.3 is 18.9 Å². The van der Waals surface area contributed by atoms with Crippen molar-refractivity contribution in [3.8, 4) is 70.3 Å². The molecule has 0 bridgehead atoms. The summed E-state index contributed by atoms with van der Waals surface area (Å²) in [6.45, 7) is 0.237. The van der Waals surface area contributed by atoms with Crippen LogP contribution >= 0.6 is 0 Å². The Labute approximate surface area is 495 Å². The van der Waals surface area contributed by atoms with Crippen molar-refractivity contribution in [2.45, 2.75) is 12.8 Å². The average Bonchev–Trinajstić information content (AvgIpc) is 1.68. The van der Waals surface area contributed by atoms with Gasteiger partial charge in [0.25, 0.3) is 23.6 Å². The van der Waals surface area contributed by atoms with Gasteiger partial charge in [-0.05, 0) is 187 Å². The van der Waals surface area contributed by atoms with Crippen LogP contribution in [0.3, 0.4) is 0 Å². The Morgan fingerprint density at radius 1 is 0.349 bits per heavy atom. The van der Waals surface area contributed by atoms with Crippen molar-refractivity contribution < 1.29 is 38.1 Å². The van der Waals surface area contributed by atoms with Crippen LogP contribution < -0.4 is 28.7 Å². The van der Waals surface area contributed by atoms with Crippen LogP contribution in [-0.2, 0) is 5.41 Å². The van der Waals surface area contributed by atoms with Crippen LogP contribution in [-0.4, -0.2) is 36.8 Å². The van der Waals surface area contributed by atoms with Crippen LogP contribution in [0.5, 0.6) is 34.5 Å². The van der Waals surface area contributed by atoms with Gasteiger partial charge in [0, 0.05) is 10.8 Å². The van der Waals surface area contributed by atoms with E-state index >= 15 is 0 Å². The normalized spacial score (nSPS) is 13.5. The highest BCUT2D eigenvalue weighted by Crippen LogP contribution is 2.57. The minimum absolute atomic E-state index is 0. The summed E-state index contributed by atoms with van der Waals surface area (Å²) in [5.41, 5.74) is 8.13. The van der Waals surface area contributed by atoms with Crippen LogP contribution in [0.25, 0.3) is 54.2 Å². The zero-order chi connectivity index (χ0) is 57.5. The molecule has 12 aromatic carbocycles. The second-order valence-electron chi connectivity index (χ2n) is 21.1. The molecule has 0 saturated heterocycles. The van der Waals surface area contributed by atoms with Crippen LogP contribution in [0.2, 0.25) is 0 Å². The van der Waals surface area contributed by atoms with Gasteiger partial charge in [0.2, 0.25) is 0 Å². The summed E-state index contributed by atoms with van der Waals surface area (Å²) >= 11 is 0. The van der Waals surface area contributed by atoms with E-state index in [-0.39, 0.29) is 31.8 Å². The zero-order valence-corrected chi connectivity index (χ0v) is 45.2. The molecule has 3 aliphatic rings. The van der Waals surface area contributed by atoms with Crippen LogP contribution in [0.15, 0.2) is 231 Å². The fourth-order valence-electron chi connectivity index (χ4n) is 12.6. The van der Waals surface area contributed by atoms with Gasteiger partial charge in [-0.1, -0.05) is 128 Å². The van der Waals surface area contributed by atoms with Crippen molar-refractivity contribution in [1.82, 2.24) is 0 Å². The number of imide groups is 2. The summed E-state index contributed by atoms with van der Waals surface area (Å²) in [5.74, 6) is 6.49. The first-order chi connectivity index (χ1) is 41.7. The van der Waals surface area contributed by atoms with E-state index in [4.69, 9.17) is 31.8 Å². The Morgan fingerprint density at radius 2 is 0.744 bits per heavy atom. The molecule has 1 aliphatic carbocycles. The fraction of sp³-hybridized carbons (Fsp3) is 0.0526. The molecule has 0 spiro atoms. The number of hydrogen-bond acceptors (Lipinski definition) is 8. The molecule has 0 radical (unpaired) electrons. The van der Waals surface area contributed by atoms with Crippen LogP contribution in [0, 0.1) is 24.7 Å². The van der Waals surface area contributed by atoms with Crippen LogP contribution in [0.4, 0.5) is 11.4 Å². The van der Waals surface area contributed by atoms with E-state index in [0.29, 0.717) is 57.0 Å². The smallest absolute Gasteiger partial charge is 0.266 e. The Kier molecular flexibility index (Phi) is 12.6. The molecule has 4 amide bonds. The van der Waals surface area contributed by atoms with E-state index in [1.165, 1.54) is 20.9 Å². The molecule has 0 unspecified atom stereocenters. The number of hydrogen-bond donors (Lipinski definition) is 0. The van der Waals surface area contributed by atoms with Gasteiger partial charge in [0.15, 0.2) is 0 Å². The number of nitrogens with zero attached hydrogens (tertiary/aromatic N) is 2. The number of carbonyl (C=O) groups is 4. The molecule has 0 N–H and O–H groups in total. The standard InChI is InChI=1S/C75H44N2O8.CH4/c1-3-35-82-69-17-9-11-49-39-53(25-31-59(49)69)76-71(78)63-33-29-57(43-65(63)73(76)80)84-55-27-21-45-37-51(23-19-47(45)41-55)75(67-15-7-5-13-61(67)62-14-6-8-16-68(62)75)52-24-20-48-42-56(28-22-46(48)38-52)85-58-30-34-64-66(44-58)74(81)77(72(64)79)54-26-32-60-50(40-54)12-10-18-70(60)83-36-4-2;/h1-2,5-34,37-44H,35-36H2;1H4. The molecular weight excluding hydrogens is 1070 g/mol. The van der Waals surface area contributed by atoms with E-state index in [0.717, 1.165) is 65.3 Å². The van der Waals surface area contributed by atoms with Gasteiger partial charge in [0.1, 0.15) is 47.7 Å². The maximum atomic E-state index is 14.0. The number of anilines is 2. The monoisotopic (exact) mass is 1120 g/mol. The lowest BCUT2D eigenvalue weighted by molar-refractivity contribution is 0.0910. The number of fused-ring (bicyclic) bond motifs is 9. The Bertz CT molecular complexity index is 4690. The predicted molar refractivity (Wildman–Crippen MR) is 337 cm³/mol. The third-order valence-electron chi connectivity index (χ3n) is 16.4. The summed E-state index contributed by atoms with van der Waals surface area (Å²) in [5, 5.41) is 7.14. The van der Waals surface area contributed by atoms with Crippen molar-refractivity contribution in [1.29, 1.82) is 0 Å².